The molecular weight excluding hydrogens is 1370 g/mol. The summed E-state index contributed by atoms with van der Waals surface area (Å²) >= 11 is 0. The van der Waals surface area contributed by atoms with Crippen molar-refractivity contribution in [2.75, 3.05) is 52.7 Å². The molecule has 2 saturated heterocycles. The van der Waals surface area contributed by atoms with Gasteiger partial charge in [0.2, 0.25) is 35.4 Å². The number of carbonyl (C=O) groups is 11. The number of rotatable bonds is 29. The number of Topliss-reactive ketones (excluding diaryl/α,β-unsaturated/α-hetero) is 5. The number of ether oxygens (including phenoxy) is 1. The Morgan fingerprint density at radius 2 is 1.47 bits per heavy atom. The zero-order chi connectivity index (χ0) is 76.0. The fourth-order valence-corrected chi connectivity index (χ4v) is 12.9. The van der Waals surface area contributed by atoms with Crippen molar-refractivity contribution in [1.29, 1.82) is 0 Å². The number of H-pyrrole nitrogens is 2. The lowest BCUT2D eigenvalue weighted by molar-refractivity contribution is -0.138. The van der Waals surface area contributed by atoms with Gasteiger partial charge in [0.25, 0.3) is 0 Å². The van der Waals surface area contributed by atoms with E-state index in [4.69, 9.17) is 23.7 Å². The van der Waals surface area contributed by atoms with Crippen LogP contribution in [0.4, 0.5) is 0 Å². The lowest BCUT2D eigenvalue weighted by atomic mass is 9.88. The van der Waals surface area contributed by atoms with Crippen molar-refractivity contribution in [3.63, 3.8) is 0 Å². The van der Waals surface area contributed by atoms with E-state index in [2.05, 4.69) is 46.4 Å². The lowest BCUT2D eigenvalue weighted by Gasteiger charge is -2.27. The van der Waals surface area contributed by atoms with Crippen LogP contribution in [0.3, 0.4) is 0 Å². The molecule has 3 aliphatic heterocycles. The SMILES string of the molecule is C.CC(=O)N1CCC[C@H]1C(=O)C[C@@H](CC(C)C)C(=O)N[C@@H](Cc1cnc[nH]1)C(=O)C[C@@H](CO)C(=O)NCCO/N=C/C(O)C(O)C(O)C(O)CO.CC(=O)[C@H]1CC(=O)[C@H](CO)NC(=O)[C@H](Cc2cnc[nH]2)CC(=O)[C@H](CC(C)C)NC(=O)[C@@H]2C[C@H](CN2C(C)=O)O/C=C\CCCOP(=O)(O)O[C@@H]1C. The zero-order valence-corrected chi connectivity index (χ0v) is 59.9. The number of aliphatic hydroxyl groups excluding tert-OH is 7. The highest BCUT2D eigenvalue weighted by Crippen LogP contribution is 2.46. The van der Waals surface area contributed by atoms with Crippen LogP contribution < -0.4 is 21.3 Å². The maximum atomic E-state index is 13.9. The van der Waals surface area contributed by atoms with E-state index >= 15 is 0 Å². The third kappa shape index (κ3) is 30.2. The molecule has 5 rings (SSSR count). The van der Waals surface area contributed by atoms with Crippen LogP contribution in [0.5, 0.6) is 0 Å². The van der Waals surface area contributed by atoms with Crippen LogP contribution in [-0.4, -0.2) is 260 Å². The van der Waals surface area contributed by atoms with Crippen molar-refractivity contribution in [2.24, 2.45) is 40.7 Å². The molecule has 5 unspecified atom stereocenters. The highest BCUT2D eigenvalue weighted by Gasteiger charge is 2.43. The molecule has 6 amide bonds. The fourth-order valence-electron chi connectivity index (χ4n) is 11.9. The average Bonchev–Trinajstić information content (AvgIpc) is 1.72. The van der Waals surface area contributed by atoms with Crippen LogP contribution in [0.1, 0.15) is 145 Å². The number of nitrogens with one attached hydrogen (secondary N) is 6. The number of nitrogens with zero attached hydrogens (tertiary/aromatic N) is 5. The number of carbonyl (C=O) groups excluding carboxylic acids is 11. The van der Waals surface area contributed by atoms with Crippen molar-refractivity contribution in [3.05, 3.63) is 48.8 Å². The van der Waals surface area contributed by atoms with Gasteiger partial charge in [-0.25, -0.2) is 14.5 Å². The number of hydrogen-bond donors (Lipinski definition) is 14. The molecule has 0 radical (unpaired) electrons. The summed E-state index contributed by atoms with van der Waals surface area (Å²) in [5.74, 6) is -9.80. The first kappa shape index (κ1) is 89.6. The molecule has 35 nitrogen and oxygen atoms in total. The van der Waals surface area contributed by atoms with E-state index in [1.54, 1.807) is 6.08 Å². The summed E-state index contributed by atoms with van der Waals surface area (Å²) in [7, 11) is -4.66. The molecule has 36 heteroatoms. The Bertz CT molecular complexity index is 3160. The van der Waals surface area contributed by atoms with Gasteiger partial charge in [0.15, 0.2) is 23.1 Å². The van der Waals surface area contributed by atoms with Crippen LogP contribution in [0, 0.1) is 35.5 Å². The Labute approximate surface area is 599 Å². The van der Waals surface area contributed by atoms with Gasteiger partial charge in [-0.05, 0) is 70.3 Å². The summed E-state index contributed by atoms with van der Waals surface area (Å²) in [6.07, 6.45) is 1.86. The summed E-state index contributed by atoms with van der Waals surface area (Å²) in [6, 6.07) is -5.12. The van der Waals surface area contributed by atoms with Crippen LogP contribution in [-0.2, 0) is 88.8 Å². The van der Waals surface area contributed by atoms with Crippen molar-refractivity contribution < 1.29 is 117 Å². The number of ketones is 5. The number of aromatic amines is 2. The standard InChI is InChI=1S/C34H52N5O12P.C32H52N6O12.CH4/c1-20(2)11-28-31(43)13-24(12-25-16-35-19-36-25)33(45)38-29(18-40)32(44)15-27(21(3)41)22(4)51-52(47,48)50-10-8-6-7-9-49-26-14-30(34(46)37-28)39(17-26)23(5)42;1-18(2)9-20(10-26(43)24-5-4-7-38(24)19(3)41)32(49)37-23(12-22-13-33-17-35-22)25(42)11-21(15-39)31(48)34-6-8-50-36-14-27(44)29(46)30(47)28(45)16-40;/h7,9,16,19-20,22,24,26-30,40H,6,8,10-15,17-18H2,1-5H3,(H,35,36)(H,37,46)(H,38,45)(H,47,48);13-14,17-18,20-21,23-24,27-30,39-40,44-47H,4-12,15-16H2,1-3H3,(H,33,35)(H,34,48)(H,37,49);1H4/b9-7-;36-14+;/t22-,24-,26-,27-,28+,29+,30+;20-,21+,23+,24+,27?,28?,29?,30?;/m11./s1. The molecule has 103 heavy (non-hydrogen) atoms. The maximum Gasteiger partial charge on any atom is 0.472 e. The molecule has 580 valence electrons. The zero-order valence-electron chi connectivity index (χ0n) is 59.0. The molecule has 2 fully saturated rings. The van der Waals surface area contributed by atoms with Crippen molar-refractivity contribution in [2.45, 2.75) is 213 Å². The molecule has 0 spiro atoms. The van der Waals surface area contributed by atoms with Crippen LogP contribution >= 0.6 is 7.82 Å². The number of oxime groups is 1. The summed E-state index contributed by atoms with van der Waals surface area (Å²) in [6.45, 7) is 10.5. The van der Waals surface area contributed by atoms with Gasteiger partial charge in [0.05, 0.1) is 107 Å². The second-order valence-corrected chi connectivity index (χ2v) is 28.0. The summed E-state index contributed by atoms with van der Waals surface area (Å²) < 4.78 is 28.7. The van der Waals surface area contributed by atoms with Crippen molar-refractivity contribution in [3.8, 4) is 0 Å². The molecule has 16 atom stereocenters. The number of fused-ring (bicyclic) bond motifs is 2. The van der Waals surface area contributed by atoms with E-state index in [-0.39, 0.29) is 108 Å². The fraction of sp³-hybridized carbons (Fsp3) is 0.701. The number of hydrogen-bond acceptors (Lipinski definition) is 26. The minimum atomic E-state index is -4.66. The topological polar surface area (TPSA) is 528 Å². The molecule has 0 aromatic carbocycles. The number of imidazole rings is 2. The number of amides is 6. The van der Waals surface area contributed by atoms with Crippen LogP contribution in [0.2, 0.25) is 0 Å². The van der Waals surface area contributed by atoms with Gasteiger partial charge in [0.1, 0.15) is 55.0 Å². The first-order valence-electron chi connectivity index (χ1n) is 34.2. The Morgan fingerprint density at radius 3 is 2.06 bits per heavy atom. The van der Waals surface area contributed by atoms with E-state index in [9.17, 15) is 92.8 Å². The van der Waals surface area contributed by atoms with Crippen LogP contribution in [0.25, 0.3) is 0 Å². The predicted molar refractivity (Wildman–Crippen MR) is 368 cm³/mol. The van der Waals surface area contributed by atoms with E-state index in [1.807, 2.05) is 27.7 Å². The first-order valence-corrected chi connectivity index (χ1v) is 35.7. The number of phosphoric ester groups is 1. The summed E-state index contributed by atoms with van der Waals surface area (Å²) in [4.78, 5) is 177. The Morgan fingerprint density at radius 1 is 0.816 bits per heavy atom. The second-order valence-electron chi connectivity index (χ2n) is 26.6. The van der Waals surface area contributed by atoms with Crippen LogP contribution in [0.15, 0.2) is 42.5 Å². The number of aromatic nitrogens is 4. The van der Waals surface area contributed by atoms with E-state index in [0.717, 1.165) is 6.21 Å². The average molecular weight is 1480 g/mol. The van der Waals surface area contributed by atoms with Gasteiger partial charge in [-0.15, -0.1) is 0 Å². The molecule has 3 aliphatic rings. The molecule has 5 heterocycles. The molecule has 14 N–H and O–H groups in total. The molecule has 2 bridgehead atoms. The van der Waals surface area contributed by atoms with Gasteiger partial charge in [0, 0.05) is 95.0 Å². The Kier molecular flexibility index (Phi) is 39.1. The maximum absolute atomic E-state index is 13.9. The second kappa shape index (κ2) is 44.9. The van der Waals surface area contributed by atoms with Gasteiger partial charge in [-0.2, -0.15) is 0 Å². The minimum absolute atomic E-state index is 0. The Hall–Kier alpha value is -7.57. The quantitative estimate of drug-likeness (QED) is 0.0209. The molecule has 2 aromatic heterocycles. The van der Waals surface area contributed by atoms with E-state index in [0.29, 0.717) is 43.6 Å². The van der Waals surface area contributed by atoms with Crippen molar-refractivity contribution >= 4 is 78.4 Å². The normalized spacial score (nSPS) is 25.1. The largest absolute Gasteiger partial charge is 0.496 e. The van der Waals surface area contributed by atoms with E-state index < -0.39 is 178 Å². The van der Waals surface area contributed by atoms with Gasteiger partial charge in [-0.3, -0.25) is 61.8 Å². The lowest BCUT2D eigenvalue weighted by Crippen LogP contribution is -2.52. The van der Waals surface area contributed by atoms with Gasteiger partial charge < -0.3 is 91.2 Å². The number of aliphatic hydroxyl groups is 7. The summed E-state index contributed by atoms with van der Waals surface area (Å²) in [5.41, 5.74) is 1.04. The number of likely N-dealkylation sites (tertiary alicyclic amines) is 2. The number of phosphoric acid groups is 1. The highest BCUT2D eigenvalue weighted by molar-refractivity contribution is 7.47. The number of allylic oxidation sites excluding steroid dienone is 1. The van der Waals surface area contributed by atoms with Crippen molar-refractivity contribution in [1.82, 2.24) is 51.0 Å². The Balaban J connectivity index is 0.000000531. The first-order chi connectivity index (χ1) is 48.2. The van der Waals surface area contributed by atoms with Gasteiger partial charge >= 0.3 is 7.82 Å². The molecule has 0 aliphatic carbocycles. The molecule has 0 saturated carbocycles. The monoisotopic (exact) mass is 1480 g/mol. The van der Waals surface area contributed by atoms with Gasteiger partial charge in [-0.1, -0.05) is 40.3 Å². The summed E-state index contributed by atoms with van der Waals surface area (Å²) in [5, 5.41) is 81.4. The molecule has 2 aromatic rings. The van der Waals surface area contributed by atoms with E-state index in [1.165, 1.54) is 68.8 Å². The molecular formula is C67H108N11O24P. The minimum Gasteiger partial charge on any atom is -0.496 e. The predicted octanol–water partition coefficient (Wildman–Crippen LogP) is -0.637. The smallest absolute Gasteiger partial charge is 0.472 e. The third-order valence-electron chi connectivity index (χ3n) is 17.4. The third-order valence-corrected chi connectivity index (χ3v) is 18.6. The highest BCUT2D eigenvalue weighted by atomic mass is 31.2.